The maximum Gasteiger partial charge on any atom is 0.328 e. The number of aromatic nitrogens is 3. The van der Waals surface area contributed by atoms with E-state index >= 15 is 0 Å². The smallest absolute Gasteiger partial charge is 0.188 e. The van der Waals surface area contributed by atoms with Crippen LogP contribution in [0.15, 0.2) is 30.3 Å². The van der Waals surface area contributed by atoms with Crippen molar-refractivity contribution in [3.8, 4) is 5.69 Å². The summed E-state index contributed by atoms with van der Waals surface area (Å²) in [7, 11) is 1.98. The molecule has 0 saturated heterocycles. The molecule has 1 N–H and O–H groups in total. The largest absolute Gasteiger partial charge is 0.328 e. The monoisotopic (exact) mass is 220 g/mol. The minimum absolute atomic E-state index is 0.737. The molecular weight excluding hydrogens is 206 g/mol. The molecule has 0 atom stereocenters. The Balaban J connectivity index is 2.67. The zero-order valence-electron chi connectivity index (χ0n) is 8.90. The lowest BCUT2D eigenvalue weighted by Crippen LogP contribution is -2.35. The van der Waals surface area contributed by atoms with E-state index in [-0.39, 0.29) is 0 Å². The highest BCUT2D eigenvalue weighted by molar-refractivity contribution is 7.71. The van der Waals surface area contributed by atoms with E-state index in [1.165, 1.54) is 5.82 Å². The van der Waals surface area contributed by atoms with Crippen molar-refractivity contribution >= 4 is 12.2 Å². The van der Waals surface area contributed by atoms with Gasteiger partial charge < -0.3 is 0 Å². The van der Waals surface area contributed by atoms with Gasteiger partial charge in [-0.1, -0.05) is 25.1 Å². The van der Waals surface area contributed by atoms with Crippen LogP contribution in [0, 0.1) is 4.77 Å². The van der Waals surface area contributed by atoms with Gasteiger partial charge in [0.05, 0.1) is 7.05 Å². The third-order valence-corrected chi connectivity index (χ3v) is 2.72. The number of aryl methyl sites for hydroxylation is 1. The van der Waals surface area contributed by atoms with Crippen molar-refractivity contribution in [3.05, 3.63) is 40.9 Å². The minimum atomic E-state index is 0.737. The van der Waals surface area contributed by atoms with Crippen molar-refractivity contribution in [1.82, 2.24) is 9.78 Å². The van der Waals surface area contributed by atoms with Crippen LogP contribution in [-0.4, -0.2) is 9.78 Å². The fourth-order valence-electron chi connectivity index (χ4n) is 1.76. The Labute approximate surface area is 94.0 Å². The van der Waals surface area contributed by atoms with Crippen LogP contribution in [0.5, 0.6) is 0 Å². The average Bonchev–Trinajstić information content (AvgIpc) is 2.54. The molecule has 2 rings (SSSR count). The third-order valence-electron chi connectivity index (χ3n) is 2.44. The van der Waals surface area contributed by atoms with Crippen LogP contribution in [0.25, 0.3) is 5.69 Å². The van der Waals surface area contributed by atoms with Gasteiger partial charge in [-0.2, -0.15) is 9.25 Å². The summed E-state index contributed by atoms with van der Waals surface area (Å²) in [6.07, 6.45) is 0.943. The van der Waals surface area contributed by atoms with Gasteiger partial charge in [-0.25, -0.2) is 0 Å². The minimum Gasteiger partial charge on any atom is -0.188 e. The third kappa shape index (κ3) is 1.72. The van der Waals surface area contributed by atoms with Crippen molar-refractivity contribution in [2.75, 3.05) is 0 Å². The fourth-order valence-corrected chi connectivity index (χ4v) is 2.11. The zero-order valence-corrected chi connectivity index (χ0v) is 9.71. The molecule has 3 nitrogen and oxygen atoms in total. The SMILES string of the molecule is CCc1n(C)[nH]c(=S)[n+]1-c1ccccc1. The van der Waals surface area contributed by atoms with E-state index in [0.717, 1.165) is 16.9 Å². The molecule has 1 heterocycles. The van der Waals surface area contributed by atoms with Crippen LogP contribution in [-0.2, 0) is 13.5 Å². The van der Waals surface area contributed by atoms with Crippen LogP contribution in [0.3, 0.4) is 0 Å². The Bertz CT molecular complexity index is 510. The molecule has 78 valence electrons. The van der Waals surface area contributed by atoms with Gasteiger partial charge in [0, 0.05) is 6.42 Å². The maximum absolute atomic E-state index is 5.30. The second kappa shape index (κ2) is 3.98. The molecule has 1 aromatic carbocycles. The van der Waals surface area contributed by atoms with Crippen LogP contribution < -0.4 is 4.57 Å². The Hall–Kier alpha value is -1.42. The molecule has 0 aliphatic carbocycles. The Kier molecular flexibility index (Phi) is 2.68. The summed E-state index contributed by atoms with van der Waals surface area (Å²) in [5.74, 6) is 1.17. The number of H-pyrrole nitrogens is 1. The highest BCUT2D eigenvalue weighted by Gasteiger charge is 2.15. The van der Waals surface area contributed by atoms with E-state index in [9.17, 15) is 0 Å². The van der Waals surface area contributed by atoms with Crippen molar-refractivity contribution < 1.29 is 4.57 Å². The van der Waals surface area contributed by atoms with Crippen LogP contribution in [0.2, 0.25) is 0 Å². The van der Waals surface area contributed by atoms with Crippen molar-refractivity contribution in [3.63, 3.8) is 0 Å². The summed E-state index contributed by atoms with van der Waals surface area (Å²) in [6, 6.07) is 10.2. The van der Waals surface area contributed by atoms with Crippen LogP contribution in [0.1, 0.15) is 12.7 Å². The lowest BCUT2D eigenvalue weighted by molar-refractivity contribution is -0.612. The van der Waals surface area contributed by atoms with Crippen molar-refractivity contribution in [1.29, 1.82) is 0 Å². The Morgan fingerprint density at radius 1 is 1.33 bits per heavy atom. The van der Waals surface area contributed by atoms with Gasteiger partial charge in [-0.15, -0.1) is 5.10 Å². The molecular formula is C11H14N3S+. The van der Waals surface area contributed by atoms with Gasteiger partial charge >= 0.3 is 4.77 Å². The number of nitrogens with one attached hydrogen (secondary N) is 1. The van der Waals surface area contributed by atoms with E-state index in [1.807, 2.05) is 29.9 Å². The number of hydrogen-bond donors (Lipinski definition) is 1. The number of benzene rings is 1. The Morgan fingerprint density at radius 3 is 2.60 bits per heavy atom. The molecule has 0 saturated carbocycles. The van der Waals surface area contributed by atoms with Gasteiger partial charge in [0.2, 0.25) is 5.82 Å². The second-order valence-electron chi connectivity index (χ2n) is 3.42. The quantitative estimate of drug-likeness (QED) is 0.607. The topological polar surface area (TPSA) is 24.6 Å². The first-order valence-electron chi connectivity index (χ1n) is 4.99. The normalized spacial score (nSPS) is 10.5. The number of nitrogens with zero attached hydrogens (tertiary/aromatic N) is 2. The molecule has 4 heteroatoms. The lowest BCUT2D eigenvalue weighted by atomic mass is 10.3. The lowest BCUT2D eigenvalue weighted by Gasteiger charge is -1.99. The predicted octanol–water partition coefficient (Wildman–Crippen LogP) is 1.92. The molecule has 0 spiro atoms. The molecule has 0 amide bonds. The van der Waals surface area contributed by atoms with Gasteiger partial charge in [0.1, 0.15) is 5.69 Å². The molecule has 0 radical (unpaired) electrons. The number of para-hydroxylation sites is 1. The molecule has 0 fully saturated rings. The molecule has 2 aromatic rings. The van der Waals surface area contributed by atoms with Gasteiger partial charge in [-0.05, 0) is 24.4 Å². The van der Waals surface area contributed by atoms with Crippen molar-refractivity contribution in [2.24, 2.45) is 7.05 Å². The highest BCUT2D eigenvalue weighted by Crippen LogP contribution is 2.02. The first-order valence-corrected chi connectivity index (χ1v) is 5.40. The summed E-state index contributed by atoms with van der Waals surface area (Å²) in [4.78, 5) is 0. The summed E-state index contributed by atoms with van der Waals surface area (Å²) in [6.45, 7) is 2.12. The van der Waals surface area contributed by atoms with E-state index in [1.54, 1.807) is 0 Å². The number of hydrogen-bond acceptors (Lipinski definition) is 1. The molecule has 15 heavy (non-hydrogen) atoms. The van der Waals surface area contributed by atoms with E-state index in [2.05, 4.69) is 28.7 Å². The van der Waals surface area contributed by atoms with Crippen LogP contribution in [0.4, 0.5) is 0 Å². The first-order chi connectivity index (χ1) is 7.24. The zero-order chi connectivity index (χ0) is 10.8. The molecule has 0 bridgehead atoms. The average molecular weight is 220 g/mol. The molecule has 0 aliphatic heterocycles. The van der Waals surface area contributed by atoms with Gasteiger partial charge in [0.15, 0.2) is 0 Å². The summed E-state index contributed by atoms with van der Waals surface area (Å²) >= 11 is 5.30. The van der Waals surface area contributed by atoms with E-state index in [0.29, 0.717) is 0 Å². The molecule has 1 aromatic heterocycles. The van der Waals surface area contributed by atoms with Crippen LogP contribution >= 0.6 is 12.2 Å². The van der Waals surface area contributed by atoms with Gasteiger partial charge in [-0.3, -0.25) is 0 Å². The fraction of sp³-hybridized carbons (Fsp3) is 0.273. The van der Waals surface area contributed by atoms with Gasteiger partial charge in [0.25, 0.3) is 0 Å². The standard InChI is InChI=1S/C11H13N3S/c1-3-10-13(2)12-11(15)14(10)9-7-5-4-6-8-9/h4-8H,3H2,1-2H3/p+1. The van der Waals surface area contributed by atoms with E-state index in [4.69, 9.17) is 12.2 Å². The van der Waals surface area contributed by atoms with E-state index < -0.39 is 0 Å². The first kappa shape index (κ1) is 10.1. The summed E-state index contributed by atoms with van der Waals surface area (Å²) in [5, 5.41) is 3.12. The molecule has 0 unspecified atom stereocenters. The van der Waals surface area contributed by atoms with Crippen molar-refractivity contribution in [2.45, 2.75) is 13.3 Å². The highest BCUT2D eigenvalue weighted by atomic mass is 32.1. The number of rotatable bonds is 2. The Morgan fingerprint density at radius 2 is 2.00 bits per heavy atom. The summed E-state index contributed by atoms with van der Waals surface area (Å²) < 4.78 is 4.77. The second-order valence-corrected chi connectivity index (χ2v) is 3.80. The molecule has 0 aliphatic rings. The predicted molar refractivity (Wildman–Crippen MR) is 61.5 cm³/mol. The maximum atomic E-state index is 5.30. The summed E-state index contributed by atoms with van der Waals surface area (Å²) in [5.41, 5.74) is 1.11. The number of aromatic amines is 1.